The summed E-state index contributed by atoms with van der Waals surface area (Å²) in [6.45, 7) is 18.4. The predicted molar refractivity (Wildman–Crippen MR) is 88.7 cm³/mol. The number of rotatable bonds is 8. The molecule has 0 aromatic rings. The van der Waals surface area contributed by atoms with Gasteiger partial charge in [-0.2, -0.15) is 0 Å². The van der Waals surface area contributed by atoms with Gasteiger partial charge in [0.2, 0.25) is 0 Å². The highest BCUT2D eigenvalue weighted by Gasteiger charge is 2.61. The minimum Gasteiger partial charge on any atom is -0.345 e. The van der Waals surface area contributed by atoms with Gasteiger partial charge in [0.05, 0.1) is 24.3 Å². The van der Waals surface area contributed by atoms with E-state index in [0.717, 1.165) is 12.8 Å². The molecule has 0 bridgehead atoms. The van der Waals surface area contributed by atoms with Crippen LogP contribution in [0.5, 0.6) is 0 Å². The molecule has 0 N–H and O–H groups in total. The highest BCUT2D eigenvalue weighted by molar-refractivity contribution is 5.07. The van der Waals surface area contributed by atoms with E-state index >= 15 is 0 Å². The SMILES string of the molecule is C=CCOC1(OCC=C)CC(C)(CC)N([O])C(C)(CC)C1C. The van der Waals surface area contributed by atoms with E-state index in [4.69, 9.17) is 9.47 Å². The molecule has 3 atom stereocenters. The molecular weight excluding hydrogens is 278 g/mol. The van der Waals surface area contributed by atoms with Crippen molar-refractivity contribution >= 4 is 0 Å². The topological polar surface area (TPSA) is 41.6 Å². The Bertz CT molecular complexity index is 386. The maximum atomic E-state index is 13.0. The Labute approximate surface area is 135 Å². The van der Waals surface area contributed by atoms with Gasteiger partial charge in [-0.3, -0.25) is 0 Å². The van der Waals surface area contributed by atoms with Crippen molar-refractivity contribution in [1.82, 2.24) is 5.06 Å². The largest absolute Gasteiger partial charge is 0.345 e. The summed E-state index contributed by atoms with van der Waals surface area (Å²) in [7, 11) is 0. The van der Waals surface area contributed by atoms with Crippen molar-refractivity contribution in [3.05, 3.63) is 25.3 Å². The molecule has 0 aromatic heterocycles. The standard InChI is InChI=1S/C18H32NO3/c1-8-12-21-18(22-13-9-2)14-16(6,10-3)19(20)17(7,11-4)15(18)5/h8-9,15H,1-2,10-14H2,3-7H3. The minimum absolute atomic E-state index is 0.0676. The minimum atomic E-state index is -0.793. The van der Waals surface area contributed by atoms with Crippen LogP contribution in [-0.4, -0.2) is 35.1 Å². The van der Waals surface area contributed by atoms with Crippen LogP contribution < -0.4 is 0 Å². The first-order valence-electron chi connectivity index (χ1n) is 8.23. The van der Waals surface area contributed by atoms with Crippen LogP contribution in [0.2, 0.25) is 0 Å². The van der Waals surface area contributed by atoms with E-state index < -0.39 is 16.9 Å². The van der Waals surface area contributed by atoms with E-state index in [1.807, 2.05) is 20.8 Å². The summed E-state index contributed by atoms with van der Waals surface area (Å²) in [5.41, 5.74) is -1.05. The first-order chi connectivity index (χ1) is 10.3. The first kappa shape index (κ1) is 19.4. The molecule has 1 aliphatic heterocycles. The highest BCUT2D eigenvalue weighted by atomic mass is 16.7. The smallest absolute Gasteiger partial charge is 0.175 e. The second-order valence-electron chi connectivity index (χ2n) is 6.77. The molecule has 0 amide bonds. The summed E-state index contributed by atoms with van der Waals surface area (Å²) < 4.78 is 12.2. The third kappa shape index (κ3) is 3.16. The molecule has 127 valence electrons. The van der Waals surface area contributed by atoms with Gasteiger partial charge in [-0.25, -0.2) is 0 Å². The van der Waals surface area contributed by atoms with Crippen LogP contribution in [0, 0.1) is 5.92 Å². The number of hydrogen-bond donors (Lipinski definition) is 0. The number of ether oxygens (including phenoxy) is 2. The predicted octanol–water partition coefficient (Wildman–Crippen LogP) is 4.11. The summed E-state index contributed by atoms with van der Waals surface area (Å²) >= 11 is 0. The van der Waals surface area contributed by atoms with Crippen molar-refractivity contribution in [3.63, 3.8) is 0 Å². The molecular formula is C18H32NO3. The first-order valence-corrected chi connectivity index (χ1v) is 8.23. The Balaban J connectivity index is 3.32. The van der Waals surface area contributed by atoms with Gasteiger partial charge in [0.1, 0.15) is 0 Å². The number of nitrogens with zero attached hydrogens (tertiary/aromatic N) is 1. The number of piperidine rings is 1. The fraction of sp³-hybridized carbons (Fsp3) is 0.778. The normalized spacial score (nSPS) is 35.3. The van der Waals surface area contributed by atoms with Gasteiger partial charge in [0.15, 0.2) is 5.79 Å². The molecule has 0 aromatic carbocycles. The van der Waals surface area contributed by atoms with Crippen LogP contribution in [0.15, 0.2) is 25.3 Å². The number of hydroxylamine groups is 2. The Morgan fingerprint density at radius 1 is 1.14 bits per heavy atom. The van der Waals surface area contributed by atoms with Crippen molar-refractivity contribution in [2.45, 2.75) is 70.7 Å². The summed E-state index contributed by atoms with van der Waals surface area (Å²) in [6.07, 6.45) is 5.47. The average molecular weight is 310 g/mol. The summed E-state index contributed by atoms with van der Waals surface area (Å²) in [4.78, 5) is 0. The maximum Gasteiger partial charge on any atom is 0.175 e. The molecule has 1 heterocycles. The zero-order valence-electron chi connectivity index (χ0n) is 14.9. The van der Waals surface area contributed by atoms with E-state index in [2.05, 4.69) is 27.0 Å². The molecule has 0 aliphatic carbocycles. The van der Waals surface area contributed by atoms with Crippen molar-refractivity contribution in [1.29, 1.82) is 0 Å². The molecule has 1 rings (SSSR count). The molecule has 1 fully saturated rings. The fourth-order valence-electron chi connectivity index (χ4n) is 3.53. The quantitative estimate of drug-likeness (QED) is 0.500. The number of hydrogen-bond acceptors (Lipinski definition) is 3. The van der Waals surface area contributed by atoms with Crippen molar-refractivity contribution in [3.8, 4) is 0 Å². The Morgan fingerprint density at radius 3 is 2.00 bits per heavy atom. The van der Waals surface area contributed by atoms with Crippen molar-refractivity contribution in [2.24, 2.45) is 5.92 Å². The van der Waals surface area contributed by atoms with Crippen LogP contribution in [0.3, 0.4) is 0 Å². The van der Waals surface area contributed by atoms with Crippen LogP contribution in [0.4, 0.5) is 0 Å². The summed E-state index contributed by atoms with van der Waals surface area (Å²) in [6, 6.07) is 0. The zero-order chi connectivity index (χ0) is 17.0. The van der Waals surface area contributed by atoms with Gasteiger partial charge >= 0.3 is 0 Å². The second-order valence-corrected chi connectivity index (χ2v) is 6.77. The average Bonchev–Trinajstić information content (AvgIpc) is 2.54. The fourth-order valence-corrected chi connectivity index (χ4v) is 3.53. The maximum absolute atomic E-state index is 13.0. The van der Waals surface area contributed by atoms with Crippen molar-refractivity contribution < 1.29 is 14.7 Å². The lowest BCUT2D eigenvalue weighted by Crippen LogP contribution is -2.71. The Hall–Kier alpha value is -0.680. The molecule has 4 heteroatoms. The van der Waals surface area contributed by atoms with Gasteiger partial charge in [0.25, 0.3) is 0 Å². The molecule has 22 heavy (non-hydrogen) atoms. The summed E-state index contributed by atoms with van der Waals surface area (Å²) in [5.74, 6) is -0.860. The van der Waals surface area contributed by atoms with Crippen LogP contribution >= 0.6 is 0 Å². The lowest BCUT2D eigenvalue weighted by atomic mass is 9.67. The van der Waals surface area contributed by atoms with Gasteiger partial charge in [-0.15, -0.1) is 23.4 Å². The Morgan fingerprint density at radius 2 is 1.64 bits per heavy atom. The van der Waals surface area contributed by atoms with Gasteiger partial charge < -0.3 is 9.47 Å². The van der Waals surface area contributed by atoms with E-state index in [9.17, 15) is 5.21 Å². The molecule has 0 spiro atoms. The van der Waals surface area contributed by atoms with E-state index in [0.29, 0.717) is 19.6 Å². The van der Waals surface area contributed by atoms with E-state index in [-0.39, 0.29) is 5.92 Å². The third-order valence-corrected chi connectivity index (χ3v) is 5.54. The van der Waals surface area contributed by atoms with Crippen LogP contribution in [-0.2, 0) is 14.7 Å². The zero-order valence-corrected chi connectivity index (χ0v) is 14.9. The van der Waals surface area contributed by atoms with E-state index in [1.165, 1.54) is 5.06 Å². The van der Waals surface area contributed by atoms with Crippen molar-refractivity contribution in [2.75, 3.05) is 13.2 Å². The molecule has 1 radical (unpaired) electrons. The Kier molecular flexibility index (Phi) is 6.39. The molecule has 3 unspecified atom stereocenters. The van der Waals surface area contributed by atoms with Crippen LogP contribution in [0.1, 0.15) is 53.9 Å². The monoisotopic (exact) mass is 310 g/mol. The molecule has 1 saturated heterocycles. The van der Waals surface area contributed by atoms with Gasteiger partial charge in [0, 0.05) is 12.3 Å². The lowest BCUT2D eigenvalue weighted by molar-refractivity contribution is -0.389. The third-order valence-electron chi connectivity index (χ3n) is 5.54. The second kappa shape index (κ2) is 7.26. The lowest BCUT2D eigenvalue weighted by Gasteiger charge is -2.60. The molecule has 4 nitrogen and oxygen atoms in total. The van der Waals surface area contributed by atoms with Gasteiger partial charge in [-0.1, -0.05) is 32.9 Å². The van der Waals surface area contributed by atoms with E-state index in [1.54, 1.807) is 12.2 Å². The van der Waals surface area contributed by atoms with Gasteiger partial charge in [-0.05, 0) is 26.7 Å². The van der Waals surface area contributed by atoms with Crippen LogP contribution in [0.25, 0.3) is 0 Å². The highest BCUT2D eigenvalue weighted by Crippen LogP contribution is 2.51. The molecule has 1 aliphatic rings. The summed E-state index contributed by atoms with van der Waals surface area (Å²) in [5, 5.41) is 14.3. The molecule has 0 saturated carbocycles.